The largest absolute Gasteiger partial charge is 0.381 e. The standard InChI is InChI=1S/C11H20N2O2/c14-11(10-2-1-4-12-7-10)13-6-9-3-5-15-8-9/h9-10,12H,1-8H2,(H,13,14). The van der Waals surface area contributed by atoms with Crippen molar-refractivity contribution in [3.8, 4) is 0 Å². The van der Waals surface area contributed by atoms with Crippen molar-refractivity contribution in [2.45, 2.75) is 19.3 Å². The molecule has 0 saturated carbocycles. The predicted octanol–water partition coefficient (Wildman–Crippen LogP) is 0.139. The third-order valence-electron chi connectivity index (χ3n) is 3.26. The summed E-state index contributed by atoms with van der Waals surface area (Å²) in [6.45, 7) is 4.34. The van der Waals surface area contributed by atoms with Crippen molar-refractivity contribution in [2.75, 3.05) is 32.8 Å². The van der Waals surface area contributed by atoms with Gasteiger partial charge in [-0.25, -0.2) is 0 Å². The van der Waals surface area contributed by atoms with Crippen LogP contribution >= 0.6 is 0 Å². The van der Waals surface area contributed by atoms with Crippen molar-refractivity contribution < 1.29 is 9.53 Å². The van der Waals surface area contributed by atoms with E-state index in [0.717, 1.165) is 52.1 Å². The normalized spacial score (nSPS) is 31.5. The molecule has 0 bridgehead atoms. The van der Waals surface area contributed by atoms with Gasteiger partial charge in [0, 0.05) is 25.6 Å². The molecule has 0 aromatic rings. The molecule has 4 nitrogen and oxygen atoms in total. The molecule has 0 spiro atoms. The maximum absolute atomic E-state index is 11.8. The van der Waals surface area contributed by atoms with E-state index in [1.807, 2.05) is 0 Å². The minimum atomic E-state index is 0.182. The van der Waals surface area contributed by atoms with Crippen molar-refractivity contribution in [3.05, 3.63) is 0 Å². The molecule has 1 amide bonds. The average molecular weight is 212 g/mol. The highest BCUT2D eigenvalue weighted by Crippen LogP contribution is 2.13. The number of hydrogen-bond donors (Lipinski definition) is 2. The maximum Gasteiger partial charge on any atom is 0.224 e. The maximum atomic E-state index is 11.8. The molecular formula is C11H20N2O2. The van der Waals surface area contributed by atoms with Crippen LogP contribution in [0.25, 0.3) is 0 Å². The Bertz CT molecular complexity index is 209. The van der Waals surface area contributed by atoms with Gasteiger partial charge in [0.1, 0.15) is 0 Å². The van der Waals surface area contributed by atoms with Crippen LogP contribution < -0.4 is 10.6 Å². The van der Waals surface area contributed by atoms with Crippen LogP contribution in [0.15, 0.2) is 0 Å². The van der Waals surface area contributed by atoms with Crippen LogP contribution in [0.1, 0.15) is 19.3 Å². The summed E-state index contributed by atoms with van der Waals surface area (Å²) in [6, 6.07) is 0. The molecule has 0 aromatic heterocycles. The van der Waals surface area contributed by atoms with E-state index in [0.29, 0.717) is 5.92 Å². The van der Waals surface area contributed by atoms with E-state index in [9.17, 15) is 4.79 Å². The third-order valence-corrected chi connectivity index (χ3v) is 3.26. The Labute approximate surface area is 90.8 Å². The smallest absolute Gasteiger partial charge is 0.224 e. The lowest BCUT2D eigenvalue weighted by Gasteiger charge is -2.22. The Morgan fingerprint density at radius 2 is 2.40 bits per heavy atom. The van der Waals surface area contributed by atoms with E-state index in [-0.39, 0.29) is 11.8 Å². The Morgan fingerprint density at radius 1 is 1.47 bits per heavy atom. The molecule has 2 aliphatic rings. The van der Waals surface area contributed by atoms with Crippen molar-refractivity contribution in [3.63, 3.8) is 0 Å². The van der Waals surface area contributed by atoms with Gasteiger partial charge in [0.15, 0.2) is 0 Å². The van der Waals surface area contributed by atoms with Gasteiger partial charge in [-0.3, -0.25) is 4.79 Å². The highest BCUT2D eigenvalue weighted by molar-refractivity contribution is 5.78. The van der Waals surface area contributed by atoms with Crippen LogP contribution in [-0.4, -0.2) is 38.8 Å². The van der Waals surface area contributed by atoms with Gasteiger partial charge in [-0.15, -0.1) is 0 Å². The van der Waals surface area contributed by atoms with Gasteiger partial charge in [-0.2, -0.15) is 0 Å². The minimum Gasteiger partial charge on any atom is -0.381 e. The van der Waals surface area contributed by atoms with E-state index >= 15 is 0 Å². The summed E-state index contributed by atoms with van der Waals surface area (Å²) in [5.74, 6) is 0.931. The predicted molar refractivity (Wildman–Crippen MR) is 57.5 cm³/mol. The highest BCUT2D eigenvalue weighted by atomic mass is 16.5. The molecule has 2 N–H and O–H groups in total. The second-order valence-electron chi connectivity index (χ2n) is 4.52. The van der Waals surface area contributed by atoms with E-state index in [1.54, 1.807) is 0 Å². The molecule has 0 radical (unpaired) electrons. The minimum absolute atomic E-state index is 0.182. The topological polar surface area (TPSA) is 50.4 Å². The molecule has 2 fully saturated rings. The fourth-order valence-corrected chi connectivity index (χ4v) is 2.21. The van der Waals surface area contributed by atoms with Crippen LogP contribution in [0.3, 0.4) is 0 Å². The van der Waals surface area contributed by atoms with Gasteiger partial charge in [-0.05, 0) is 25.8 Å². The second-order valence-corrected chi connectivity index (χ2v) is 4.52. The average Bonchev–Trinajstić information content (AvgIpc) is 2.80. The summed E-state index contributed by atoms with van der Waals surface area (Å²) in [7, 11) is 0. The Morgan fingerprint density at radius 3 is 3.07 bits per heavy atom. The molecule has 2 saturated heterocycles. The quantitative estimate of drug-likeness (QED) is 0.699. The fourth-order valence-electron chi connectivity index (χ4n) is 2.21. The van der Waals surface area contributed by atoms with Gasteiger partial charge < -0.3 is 15.4 Å². The van der Waals surface area contributed by atoms with Gasteiger partial charge in [0.05, 0.1) is 12.5 Å². The third kappa shape index (κ3) is 3.18. The molecule has 2 heterocycles. The summed E-state index contributed by atoms with van der Waals surface area (Å²) in [4.78, 5) is 11.8. The Kier molecular flexibility index (Phi) is 3.97. The zero-order valence-corrected chi connectivity index (χ0v) is 9.13. The number of hydrogen-bond acceptors (Lipinski definition) is 3. The number of piperidine rings is 1. The number of ether oxygens (including phenoxy) is 1. The monoisotopic (exact) mass is 212 g/mol. The van der Waals surface area contributed by atoms with Gasteiger partial charge in [-0.1, -0.05) is 0 Å². The van der Waals surface area contributed by atoms with E-state index in [1.165, 1.54) is 0 Å². The van der Waals surface area contributed by atoms with Crippen molar-refractivity contribution in [1.29, 1.82) is 0 Å². The van der Waals surface area contributed by atoms with Crippen LogP contribution in [-0.2, 0) is 9.53 Å². The second kappa shape index (κ2) is 5.47. The van der Waals surface area contributed by atoms with Crippen molar-refractivity contribution >= 4 is 5.91 Å². The number of rotatable bonds is 3. The Hall–Kier alpha value is -0.610. The lowest BCUT2D eigenvalue weighted by molar-refractivity contribution is -0.125. The molecule has 0 aromatic carbocycles. The van der Waals surface area contributed by atoms with E-state index in [2.05, 4.69) is 10.6 Å². The first-order valence-corrected chi connectivity index (χ1v) is 5.92. The summed E-state index contributed by atoms with van der Waals surface area (Å²) in [5.41, 5.74) is 0. The first-order valence-electron chi connectivity index (χ1n) is 5.92. The lowest BCUT2D eigenvalue weighted by Crippen LogP contribution is -2.42. The molecule has 0 aliphatic carbocycles. The zero-order valence-electron chi connectivity index (χ0n) is 9.13. The number of amides is 1. The molecule has 2 atom stereocenters. The molecular weight excluding hydrogens is 192 g/mol. The Balaban J connectivity index is 1.66. The summed E-state index contributed by atoms with van der Waals surface area (Å²) in [5, 5.41) is 6.29. The van der Waals surface area contributed by atoms with Gasteiger partial charge in [0.2, 0.25) is 5.91 Å². The summed E-state index contributed by atoms with van der Waals surface area (Å²) >= 11 is 0. The molecule has 86 valence electrons. The first-order chi connectivity index (χ1) is 7.36. The number of carbonyl (C=O) groups excluding carboxylic acids is 1. The molecule has 4 heteroatoms. The molecule has 2 unspecified atom stereocenters. The van der Waals surface area contributed by atoms with E-state index < -0.39 is 0 Å². The lowest BCUT2D eigenvalue weighted by atomic mass is 9.98. The summed E-state index contributed by atoms with van der Waals surface area (Å²) in [6.07, 6.45) is 3.23. The number of nitrogens with one attached hydrogen (secondary N) is 2. The fraction of sp³-hybridized carbons (Fsp3) is 0.909. The van der Waals surface area contributed by atoms with Gasteiger partial charge >= 0.3 is 0 Å². The SMILES string of the molecule is O=C(NCC1CCOC1)C1CCCNC1. The van der Waals surface area contributed by atoms with Crippen LogP contribution in [0.2, 0.25) is 0 Å². The molecule has 15 heavy (non-hydrogen) atoms. The molecule has 2 aliphatic heterocycles. The highest BCUT2D eigenvalue weighted by Gasteiger charge is 2.22. The number of carbonyl (C=O) groups is 1. The van der Waals surface area contributed by atoms with Gasteiger partial charge in [0.25, 0.3) is 0 Å². The first kappa shape index (κ1) is 10.9. The molecule has 2 rings (SSSR count). The van der Waals surface area contributed by atoms with Crippen molar-refractivity contribution in [2.24, 2.45) is 11.8 Å². The summed E-state index contributed by atoms with van der Waals surface area (Å²) < 4.78 is 5.27. The van der Waals surface area contributed by atoms with Crippen LogP contribution in [0.4, 0.5) is 0 Å². The van der Waals surface area contributed by atoms with E-state index in [4.69, 9.17) is 4.74 Å². The van der Waals surface area contributed by atoms with Crippen LogP contribution in [0, 0.1) is 11.8 Å². The zero-order chi connectivity index (χ0) is 10.5. The van der Waals surface area contributed by atoms with Crippen LogP contribution in [0.5, 0.6) is 0 Å². The van der Waals surface area contributed by atoms with Crippen molar-refractivity contribution in [1.82, 2.24) is 10.6 Å².